The van der Waals surface area contributed by atoms with E-state index in [2.05, 4.69) is 296 Å². The lowest BCUT2D eigenvalue weighted by molar-refractivity contribution is 0.590. The van der Waals surface area contributed by atoms with E-state index in [1.807, 2.05) is 6.07 Å². The molecule has 0 N–H and O–H groups in total. The minimum absolute atomic E-state index is 0.0264. The second-order valence-corrected chi connectivity index (χ2v) is 30.1. The second kappa shape index (κ2) is 21.3. The van der Waals surface area contributed by atoms with Crippen molar-refractivity contribution in [3.8, 4) is 50.2 Å². The van der Waals surface area contributed by atoms with Gasteiger partial charge in [0, 0.05) is 61.5 Å². The Hall–Kier alpha value is -9.12. The zero-order chi connectivity index (χ0) is 69.9. The maximum atomic E-state index is 9.71. The molecular weight excluding hydrogens is 1090 g/mol. The molecule has 0 fully saturated rings. The largest absolute Gasteiger partial charge is 0.310 e. The molecule has 11 aromatic carbocycles. The molecule has 1 aromatic heterocycles. The highest BCUT2D eigenvalue weighted by Crippen LogP contribution is 2.53. The van der Waals surface area contributed by atoms with Crippen molar-refractivity contribution in [1.82, 2.24) is 4.57 Å². The van der Waals surface area contributed by atoms with Crippen LogP contribution in [0.2, 0.25) is 0 Å². The van der Waals surface area contributed by atoms with Crippen LogP contribution < -0.4 is 26.2 Å². The van der Waals surface area contributed by atoms with Gasteiger partial charge in [0.1, 0.15) is 0 Å². The summed E-state index contributed by atoms with van der Waals surface area (Å²) < 4.78 is 76.2. The summed E-state index contributed by atoms with van der Waals surface area (Å²) in [5, 5.41) is 0.0529. The minimum atomic E-state index is -0.487. The number of nitrogens with zero attached hydrogens (tertiary/aromatic N) is 3. The van der Waals surface area contributed by atoms with Gasteiger partial charge in [-0.2, -0.15) is 0 Å². The van der Waals surface area contributed by atoms with Crippen molar-refractivity contribution < 1.29 is 11.0 Å². The van der Waals surface area contributed by atoms with Gasteiger partial charge in [0.2, 0.25) is 0 Å². The van der Waals surface area contributed by atoms with Gasteiger partial charge >= 0.3 is 0 Å². The predicted octanol–water partition coefficient (Wildman–Crippen LogP) is 22.0. The van der Waals surface area contributed by atoms with Crippen molar-refractivity contribution >= 4 is 79.0 Å². The third-order valence-corrected chi connectivity index (χ3v) is 18.9. The maximum absolute atomic E-state index is 9.71. The summed E-state index contributed by atoms with van der Waals surface area (Å²) in [6.45, 7) is 33.4. The number of para-hydroxylation sites is 4. The predicted molar refractivity (Wildman–Crippen MR) is 390 cm³/mol. The highest BCUT2D eigenvalue weighted by atomic mass is 15.2. The SMILES string of the molecule is [2H]c1c([2H])c([2H])c2c(c1[2H])c1c([2H])c([2H])c([2H])c([2H])c1n2-c1ccc2c(c1)N(c1c(-c3ccc(C(C)(C)C)cc3)cccc1-c1ccc(C(C)(C)C)cc1)c1cccc3c1B2c1cc(C(C)(C)C)ccc1N3c1c(-c2ccc(C(C)(C)C)cc2)cccc1-c1ccc(C(C)(C)C)cc1. The van der Waals surface area contributed by atoms with E-state index >= 15 is 0 Å². The van der Waals surface area contributed by atoms with E-state index in [1.165, 1.54) is 27.8 Å². The molecule has 446 valence electrons. The van der Waals surface area contributed by atoms with Gasteiger partial charge in [0.25, 0.3) is 6.71 Å². The number of aromatic nitrogens is 1. The molecule has 3 nitrogen and oxygen atoms in total. The molecular formula is C86H84BN3. The van der Waals surface area contributed by atoms with Gasteiger partial charge in [-0.05, 0) is 136 Å². The standard InChI is InChI=1S/C86H84BN3/c1-82(2,3)59-41-33-55(34-42-59)65-25-20-26-66(56-35-43-60(44-36-56)83(4,5)6)80(65)89-75-52-49-63(86(13,14)15)53-72(75)87-71-51-50-64(88-73-29-18-16-23-69(73)70-24-17-19-30-74(70)88)54-78(71)90(77-32-22-31-76(89)79(77)87)81-67(57-37-45-61(46-38-57)84(7,8)9)27-21-28-68(81)58-39-47-62(48-40-58)85(10,11)12/h16-54H,1-15H3/i16D,17D,18D,19D,23D,24D,29D,30D. The Labute approximate surface area is 547 Å². The molecule has 0 bridgehead atoms. The molecule has 2 aliphatic heterocycles. The number of hydrogen-bond acceptors (Lipinski definition) is 2. The molecule has 3 heterocycles. The fourth-order valence-corrected chi connectivity index (χ4v) is 13.8. The molecule has 0 saturated heterocycles. The van der Waals surface area contributed by atoms with Crippen LogP contribution in [0, 0.1) is 0 Å². The average molecular weight is 1180 g/mol. The molecule has 2 aliphatic rings. The van der Waals surface area contributed by atoms with Crippen LogP contribution in [0.5, 0.6) is 0 Å². The summed E-state index contributed by atoms with van der Waals surface area (Å²) in [4.78, 5) is 4.96. The molecule has 0 atom stereocenters. The molecule has 4 heteroatoms. The quantitative estimate of drug-likeness (QED) is 0.147. The van der Waals surface area contributed by atoms with E-state index in [1.54, 1.807) is 4.57 Å². The first kappa shape index (κ1) is 49.7. The van der Waals surface area contributed by atoms with Crippen LogP contribution in [-0.2, 0) is 27.1 Å². The maximum Gasteiger partial charge on any atom is 0.252 e. The molecule has 0 amide bonds. The van der Waals surface area contributed by atoms with E-state index in [-0.39, 0.29) is 73.1 Å². The fourth-order valence-electron chi connectivity index (χ4n) is 13.8. The highest BCUT2D eigenvalue weighted by Gasteiger charge is 2.45. The highest BCUT2D eigenvalue weighted by molar-refractivity contribution is 7.00. The van der Waals surface area contributed by atoms with Crippen molar-refractivity contribution in [2.24, 2.45) is 0 Å². The van der Waals surface area contributed by atoms with E-state index in [0.717, 1.165) is 95.0 Å². The molecule has 0 radical (unpaired) electrons. The molecule has 0 saturated carbocycles. The lowest BCUT2D eigenvalue weighted by Gasteiger charge is -2.46. The number of hydrogen-bond donors (Lipinski definition) is 0. The van der Waals surface area contributed by atoms with E-state index in [0.29, 0.717) is 5.69 Å². The number of anilines is 6. The Morgan fingerprint density at radius 3 is 1.03 bits per heavy atom. The second-order valence-electron chi connectivity index (χ2n) is 30.1. The Kier molecular flexibility index (Phi) is 11.8. The average Bonchev–Trinajstić information content (AvgIpc) is 0.797. The smallest absolute Gasteiger partial charge is 0.252 e. The molecule has 90 heavy (non-hydrogen) atoms. The van der Waals surface area contributed by atoms with Gasteiger partial charge in [0.05, 0.1) is 33.4 Å². The van der Waals surface area contributed by atoms with E-state index in [9.17, 15) is 5.48 Å². The van der Waals surface area contributed by atoms with E-state index in [4.69, 9.17) is 5.48 Å². The molecule has 12 aromatic rings. The summed E-state index contributed by atoms with van der Waals surface area (Å²) in [5.41, 5.74) is 23.2. The molecule has 0 aliphatic carbocycles. The third kappa shape index (κ3) is 9.99. The van der Waals surface area contributed by atoms with Gasteiger partial charge in [-0.1, -0.05) is 298 Å². The Balaban J connectivity index is 1.15. The van der Waals surface area contributed by atoms with Crippen LogP contribution in [0.3, 0.4) is 0 Å². The van der Waals surface area contributed by atoms with Crippen molar-refractivity contribution in [3.05, 3.63) is 264 Å². The monoisotopic (exact) mass is 1180 g/mol. The van der Waals surface area contributed by atoms with Crippen molar-refractivity contribution in [3.63, 3.8) is 0 Å². The van der Waals surface area contributed by atoms with Gasteiger partial charge < -0.3 is 14.4 Å². The zero-order valence-electron chi connectivity index (χ0n) is 62.8. The Morgan fingerprint density at radius 2 is 0.656 bits per heavy atom. The van der Waals surface area contributed by atoms with Gasteiger partial charge in [-0.3, -0.25) is 0 Å². The Morgan fingerprint density at radius 1 is 0.311 bits per heavy atom. The van der Waals surface area contributed by atoms with Crippen LogP contribution in [-0.4, -0.2) is 11.3 Å². The van der Waals surface area contributed by atoms with Crippen molar-refractivity contribution in [2.75, 3.05) is 9.80 Å². The summed E-state index contributed by atoms with van der Waals surface area (Å²) in [6.07, 6.45) is 0. The van der Waals surface area contributed by atoms with Crippen LogP contribution in [0.1, 0.15) is 143 Å². The number of fused-ring (bicyclic) bond motifs is 7. The van der Waals surface area contributed by atoms with Crippen LogP contribution >= 0.6 is 0 Å². The lowest BCUT2D eigenvalue weighted by Crippen LogP contribution is -2.61. The Bertz CT molecular complexity index is 5020. The topological polar surface area (TPSA) is 11.4 Å². The van der Waals surface area contributed by atoms with Gasteiger partial charge in [-0.15, -0.1) is 0 Å². The number of benzene rings is 11. The summed E-state index contributed by atoms with van der Waals surface area (Å²) >= 11 is 0. The third-order valence-electron chi connectivity index (χ3n) is 18.9. The first-order valence-corrected chi connectivity index (χ1v) is 31.9. The van der Waals surface area contributed by atoms with Crippen LogP contribution in [0.15, 0.2) is 236 Å². The summed E-state index contributed by atoms with van der Waals surface area (Å²) in [6, 6.07) is 66.1. The minimum Gasteiger partial charge on any atom is -0.310 e. The van der Waals surface area contributed by atoms with E-state index < -0.39 is 30.9 Å². The first-order valence-electron chi connectivity index (χ1n) is 35.9. The van der Waals surface area contributed by atoms with Crippen molar-refractivity contribution in [1.29, 1.82) is 0 Å². The van der Waals surface area contributed by atoms with Crippen LogP contribution in [0.4, 0.5) is 34.1 Å². The van der Waals surface area contributed by atoms with Gasteiger partial charge in [0.15, 0.2) is 0 Å². The molecule has 0 unspecified atom stereocenters. The lowest BCUT2D eigenvalue weighted by atomic mass is 9.33. The molecule has 0 spiro atoms. The summed E-state index contributed by atoms with van der Waals surface area (Å²) in [7, 11) is 0. The number of rotatable bonds is 7. The van der Waals surface area contributed by atoms with Gasteiger partial charge in [-0.25, -0.2) is 0 Å². The summed E-state index contributed by atoms with van der Waals surface area (Å²) in [5.74, 6) is 0. The zero-order valence-corrected chi connectivity index (χ0v) is 54.8. The van der Waals surface area contributed by atoms with Crippen LogP contribution in [0.25, 0.3) is 72.0 Å². The first-order chi connectivity index (χ1) is 46.1. The normalized spacial score (nSPS) is 14.7. The fraction of sp³-hybridized carbons (Fsp3) is 0.233. The van der Waals surface area contributed by atoms with Crippen molar-refractivity contribution in [2.45, 2.75) is 131 Å². The molecule has 14 rings (SSSR count).